The molecule has 0 aliphatic carbocycles. The van der Waals surface area contributed by atoms with Gasteiger partial charge in [0.25, 0.3) is 0 Å². The molecule has 0 bridgehead atoms. The van der Waals surface area contributed by atoms with E-state index in [2.05, 4.69) is 0 Å². The maximum Gasteiger partial charge on any atom is 0.159 e. The molecule has 0 fully saturated rings. The van der Waals surface area contributed by atoms with Crippen LogP contribution in [0.5, 0.6) is 0 Å². The zero-order chi connectivity index (χ0) is 18.4. The Hall–Kier alpha value is -1.73. The second-order valence-corrected chi connectivity index (χ2v) is 7.25. The number of fused-ring (bicyclic) bond motifs is 1. The van der Waals surface area contributed by atoms with E-state index < -0.39 is 23.4 Å². The van der Waals surface area contributed by atoms with Crippen LogP contribution in [-0.4, -0.2) is 37.9 Å². The molecule has 4 N–H and O–H groups in total. The fourth-order valence-corrected chi connectivity index (χ4v) is 2.46. The first-order valence-electron chi connectivity index (χ1n) is 7.72. The second-order valence-electron chi connectivity index (χ2n) is 7.25. The number of ketones is 1. The third-order valence-electron chi connectivity index (χ3n) is 4.00. The average molecular weight is 336 g/mol. The highest BCUT2D eigenvalue weighted by Gasteiger charge is 2.34. The van der Waals surface area contributed by atoms with Crippen LogP contribution in [0.4, 0.5) is 0 Å². The average Bonchev–Trinajstić information content (AvgIpc) is 2.87. The van der Waals surface area contributed by atoms with Crippen LogP contribution in [0.25, 0.3) is 11.0 Å². The molecule has 1 heterocycles. The van der Waals surface area contributed by atoms with E-state index in [0.717, 1.165) is 0 Å². The number of furan rings is 1. The molecule has 0 amide bonds. The molecule has 6 heteroatoms. The van der Waals surface area contributed by atoms with Crippen LogP contribution in [0.1, 0.15) is 62.4 Å². The Bertz CT molecular complexity index is 760. The van der Waals surface area contributed by atoms with Crippen molar-refractivity contribution in [3.8, 4) is 0 Å². The first-order valence-corrected chi connectivity index (χ1v) is 7.72. The van der Waals surface area contributed by atoms with Gasteiger partial charge in [-0.05, 0) is 52.8 Å². The van der Waals surface area contributed by atoms with E-state index in [9.17, 15) is 25.2 Å². The van der Waals surface area contributed by atoms with Crippen molar-refractivity contribution in [2.75, 3.05) is 0 Å². The highest BCUT2D eigenvalue weighted by Crippen LogP contribution is 2.35. The summed E-state index contributed by atoms with van der Waals surface area (Å²) in [6.07, 6.45) is -2.95. The third kappa shape index (κ3) is 3.52. The lowest BCUT2D eigenvalue weighted by atomic mass is 9.90. The summed E-state index contributed by atoms with van der Waals surface area (Å²) in [4.78, 5) is 11.8. The SMILES string of the molecule is CC(=O)c1cc(C(O)C(O)C(C)(C)O)c2oc(C(C)(C)O)cc2c1. The van der Waals surface area contributed by atoms with E-state index in [4.69, 9.17) is 4.42 Å². The molecule has 2 aromatic rings. The minimum absolute atomic E-state index is 0.183. The number of hydrogen-bond acceptors (Lipinski definition) is 6. The molecule has 1 aromatic carbocycles. The lowest BCUT2D eigenvalue weighted by Crippen LogP contribution is -2.40. The number of rotatable bonds is 5. The molecule has 0 aliphatic rings. The minimum atomic E-state index is -1.55. The van der Waals surface area contributed by atoms with Gasteiger partial charge in [0.15, 0.2) is 5.78 Å². The molecular weight excluding hydrogens is 312 g/mol. The first kappa shape index (κ1) is 18.6. The van der Waals surface area contributed by atoms with Crippen molar-refractivity contribution in [1.29, 1.82) is 0 Å². The van der Waals surface area contributed by atoms with E-state index >= 15 is 0 Å². The van der Waals surface area contributed by atoms with Crippen molar-refractivity contribution >= 4 is 16.8 Å². The quantitative estimate of drug-likeness (QED) is 0.622. The van der Waals surface area contributed by atoms with Gasteiger partial charge in [-0.1, -0.05) is 0 Å². The predicted octanol–water partition coefficient (Wildman–Crippen LogP) is 2.03. The van der Waals surface area contributed by atoms with Crippen LogP contribution in [0, 0.1) is 0 Å². The van der Waals surface area contributed by atoms with E-state index in [-0.39, 0.29) is 22.7 Å². The van der Waals surface area contributed by atoms with Gasteiger partial charge in [-0.2, -0.15) is 0 Å². The van der Waals surface area contributed by atoms with E-state index in [1.54, 1.807) is 26.0 Å². The standard InChI is InChI=1S/C18H24O6/c1-9(19)10-6-11-8-13(17(2,3)22)24-15(11)12(7-10)14(20)16(21)18(4,5)23/h6-8,14,16,20-23H,1-5H3. The monoisotopic (exact) mass is 336 g/mol. The summed E-state index contributed by atoms with van der Waals surface area (Å²) in [6.45, 7) is 7.24. The van der Waals surface area contributed by atoms with Crippen LogP contribution < -0.4 is 0 Å². The summed E-state index contributed by atoms with van der Waals surface area (Å²) in [5.74, 6) is 0.0542. The highest BCUT2D eigenvalue weighted by molar-refractivity contribution is 5.98. The van der Waals surface area contributed by atoms with Gasteiger partial charge in [0.05, 0.1) is 5.60 Å². The van der Waals surface area contributed by atoms with Gasteiger partial charge in [-0.3, -0.25) is 4.79 Å². The second kappa shape index (κ2) is 5.97. The van der Waals surface area contributed by atoms with E-state index in [1.807, 2.05) is 0 Å². The predicted molar refractivity (Wildman–Crippen MR) is 88.7 cm³/mol. The molecule has 0 saturated carbocycles. The maximum absolute atomic E-state index is 11.8. The molecule has 2 atom stereocenters. The number of carbonyl (C=O) groups excluding carboxylic acids is 1. The summed E-state index contributed by atoms with van der Waals surface area (Å²) >= 11 is 0. The van der Waals surface area contributed by atoms with E-state index in [1.165, 1.54) is 26.8 Å². The zero-order valence-corrected chi connectivity index (χ0v) is 14.5. The Labute approximate surface area is 140 Å². The summed E-state index contributed by atoms with van der Waals surface area (Å²) in [7, 11) is 0. The number of aliphatic hydroxyl groups is 4. The molecule has 0 saturated heterocycles. The van der Waals surface area contributed by atoms with Gasteiger partial charge < -0.3 is 24.8 Å². The Balaban J connectivity index is 2.70. The van der Waals surface area contributed by atoms with Crippen molar-refractivity contribution in [2.24, 2.45) is 0 Å². The lowest BCUT2D eigenvalue weighted by Gasteiger charge is -2.29. The lowest BCUT2D eigenvalue weighted by molar-refractivity contribution is -0.107. The fourth-order valence-electron chi connectivity index (χ4n) is 2.46. The van der Waals surface area contributed by atoms with Crippen molar-refractivity contribution in [2.45, 2.75) is 58.0 Å². The minimum Gasteiger partial charge on any atom is -0.458 e. The van der Waals surface area contributed by atoms with Crippen molar-refractivity contribution < 1.29 is 29.6 Å². The van der Waals surface area contributed by atoms with Crippen LogP contribution in [0.15, 0.2) is 22.6 Å². The zero-order valence-electron chi connectivity index (χ0n) is 14.5. The van der Waals surface area contributed by atoms with Crippen LogP contribution >= 0.6 is 0 Å². The molecule has 1 aromatic heterocycles. The van der Waals surface area contributed by atoms with E-state index in [0.29, 0.717) is 10.9 Å². The number of carbonyl (C=O) groups is 1. The number of benzene rings is 1. The smallest absolute Gasteiger partial charge is 0.159 e. The highest BCUT2D eigenvalue weighted by atomic mass is 16.4. The largest absolute Gasteiger partial charge is 0.458 e. The maximum atomic E-state index is 11.8. The third-order valence-corrected chi connectivity index (χ3v) is 4.00. The van der Waals surface area contributed by atoms with Crippen LogP contribution in [0.3, 0.4) is 0 Å². The summed E-state index contributed by atoms with van der Waals surface area (Å²) in [5.41, 5.74) is -2.02. The molecule has 6 nitrogen and oxygen atoms in total. The summed E-state index contributed by atoms with van der Waals surface area (Å²) in [6, 6.07) is 4.62. The van der Waals surface area contributed by atoms with Gasteiger partial charge in [-0.15, -0.1) is 0 Å². The molecule has 0 spiro atoms. The Morgan fingerprint density at radius 2 is 1.67 bits per heavy atom. The number of Topliss-reactive ketones (excluding diaryl/α,β-unsaturated/α-hetero) is 1. The molecule has 2 unspecified atom stereocenters. The molecule has 24 heavy (non-hydrogen) atoms. The molecule has 2 rings (SSSR count). The Morgan fingerprint density at radius 1 is 1.08 bits per heavy atom. The molecule has 0 aliphatic heterocycles. The van der Waals surface area contributed by atoms with Crippen LogP contribution in [-0.2, 0) is 5.60 Å². The van der Waals surface area contributed by atoms with Crippen molar-refractivity contribution in [3.05, 3.63) is 35.1 Å². The van der Waals surface area contributed by atoms with Crippen molar-refractivity contribution in [1.82, 2.24) is 0 Å². The molecule has 0 radical (unpaired) electrons. The fraction of sp³-hybridized carbons (Fsp3) is 0.500. The van der Waals surface area contributed by atoms with Crippen LogP contribution in [0.2, 0.25) is 0 Å². The topological polar surface area (TPSA) is 111 Å². The van der Waals surface area contributed by atoms with Gasteiger partial charge >= 0.3 is 0 Å². The number of aliphatic hydroxyl groups excluding tert-OH is 2. The van der Waals surface area contributed by atoms with Crippen molar-refractivity contribution in [3.63, 3.8) is 0 Å². The Kier molecular flexibility index (Phi) is 4.63. The van der Waals surface area contributed by atoms with Gasteiger partial charge in [0, 0.05) is 16.5 Å². The Morgan fingerprint density at radius 3 is 2.12 bits per heavy atom. The summed E-state index contributed by atoms with van der Waals surface area (Å²) in [5, 5.41) is 41.3. The molecule has 132 valence electrons. The van der Waals surface area contributed by atoms with Gasteiger partial charge in [0.2, 0.25) is 0 Å². The van der Waals surface area contributed by atoms with Gasteiger partial charge in [0.1, 0.15) is 29.2 Å². The normalized spacial score (nSPS) is 15.5. The number of hydrogen-bond donors (Lipinski definition) is 4. The first-order chi connectivity index (χ1) is 10.8. The van der Waals surface area contributed by atoms with Gasteiger partial charge in [-0.25, -0.2) is 0 Å². The molecular formula is C18H24O6. The summed E-state index contributed by atoms with van der Waals surface area (Å²) < 4.78 is 5.67.